The van der Waals surface area contributed by atoms with Crippen LogP contribution < -0.4 is 19.6 Å². The lowest BCUT2D eigenvalue weighted by molar-refractivity contribution is -0.123. The summed E-state index contributed by atoms with van der Waals surface area (Å²) >= 11 is 5.91. The van der Waals surface area contributed by atoms with E-state index in [2.05, 4.69) is 10.5 Å². The Bertz CT molecular complexity index is 1100. The molecule has 1 N–H and O–H groups in total. The van der Waals surface area contributed by atoms with Gasteiger partial charge in [0.05, 0.1) is 13.3 Å². The van der Waals surface area contributed by atoms with Crippen molar-refractivity contribution in [1.82, 2.24) is 5.43 Å². The number of hydrogen-bond acceptors (Lipinski definition) is 5. The Hall–Kier alpha value is -3.51. The van der Waals surface area contributed by atoms with E-state index in [0.29, 0.717) is 28.9 Å². The number of methoxy groups -OCH3 is 1. The summed E-state index contributed by atoms with van der Waals surface area (Å²) < 4.78 is 16.8. The van der Waals surface area contributed by atoms with E-state index in [4.69, 9.17) is 25.8 Å². The number of halogens is 1. The summed E-state index contributed by atoms with van der Waals surface area (Å²) in [6.07, 6.45) is 1.53. The Morgan fingerprint density at radius 1 is 0.969 bits per heavy atom. The van der Waals surface area contributed by atoms with Gasteiger partial charge in [0.1, 0.15) is 12.4 Å². The minimum Gasteiger partial charge on any atom is -0.493 e. The quantitative estimate of drug-likeness (QED) is 0.363. The molecule has 0 bridgehead atoms. The summed E-state index contributed by atoms with van der Waals surface area (Å²) in [6, 6.07) is 18.5. The van der Waals surface area contributed by atoms with Crippen LogP contribution in [0.15, 0.2) is 65.8 Å². The molecule has 0 spiro atoms. The summed E-state index contributed by atoms with van der Waals surface area (Å²) in [7, 11) is 1.57. The molecule has 0 aliphatic rings. The number of hydrazone groups is 1. The lowest BCUT2D eigenvalue weighted by Crippen LogP contribution is -2.24. The summed E-state index contributed by atoms with van der Waals surface area (Å²) in [4.78, 5) is 12.0. The maximum absolute atomic E-state index is 12.0. The van der Waals surface area contributed by atoms with Gasteiger partial charge in [-0.2, -0.15) is 5.10 Å². The van der Waals surface area contributed by atoms with E-state index >= 15 is 0 Å². The normalized spacial score (nSPS) is 10.8. The molecule has 0 heterocycles. The van der Waals surface area contributed by atoms with Crippen LogP contribution in [0.5, 0.6) is 17.2 Å². The van der Waals surface area contributed by atoms with E-state index in [0.717, 1.165) is 16.7 Å². The number of nitrogens with zero attached hydrogens (tertiary/aromatic N) is 1. The average Bonchev–Trinajstić information content (AvgIpc) is 2.80. The number of ether oxygens (including phenoxy) is 3. The Morgan fingerprint density at radius 3 is 2.47 bits per heavy atom. The Labute approximate surface area is 192 Å². The predicted molar refractivity (Wildman–Crippen MR) is 126 cm³/mol. The van der Waals surface area contributed by atoms with Crippen LogP contribution in [0, 0.1) is 13.8 Å². The van der Waals surface area contributed by atoms with Gasteiger partial charge in [-0.3, -0.25) is 4.79 Å². The lowest BCUT2D eigenvalue weighted by Gasteiger charge is -2.11. The molecule has 6 nitrogen and oxygen atoms in total. The van der Waals surface area contributed by atoms with Gasteiger partial charge < -0.3 is 14.2 Å². The van der Waals surface area contributed by atoms with Crippen molar-refractivity contribution in [3.8, 4) is 17.2 Å². The highest BCUT2D eigenvalue weighted by Crippen LogP contribution is 2.28. The van der Waals surface area contributed by atoms with Gasteiger partial charge >= 0.3 is 0 Å². The second-order valence-electron chi connectivity index (χ2n) is 7.15. The number of nitrogens with one attached hydrogen (secondary N) is 1. The van der Waals surface area contributed by atoms with E-state index in [9.17, 15) is 4.79 Å². The van der Waals surface area contributed by atoms with Gasteiger partial charge in [0.2, 0.25) is 0 Å². The topological polar surface area (TPSA) is 69.2 Å². The molecule has 0 fully saturated rings. The minimum atomic E-state index is -0.352. The monoisotopic (exact) mass is 452 g/mol. The van der Waals surface area contributed by atoms with E-state index in [-0.39, 0.29) is 12.5 Å². The van der Waals surface area contributed by atoms with Crippen LogP contribution in [-0.4, -0.2) is 25.8 Å². The van der Waals surface area contributed by atoms with Crippen LogP contribution >= 0.6 is 11.6 Å². The van der Waals surface area contributed by atoms with Crippen molar-refractivity contribution in [1.29, 1.82) is 0 Å². The van der Waals surface area contributed by atoms with Crippen molar-refractivity contribution in [2.45, 2.75) is 20.5 Å². The van der Waals surface area contributed by atoms with Crippen LogP contribution in [0.3, 0.4) is 0 Å². The van der Waals surface area contributed by atoms with Gasteiger partial charge in [0.15, 0.2) is 18.1 Å². The molecular weight excluding hydrogens is 428 g/mol. The van der Waals surface area contributed by atoms with Crippen molar-refractivity contribution in [2.75, 3.05) is 13.7 Å². The van der Waals surface area contributed by atoms with Gasteiger partial charge in [0.25, 0.3) is 5.91 Å². The SMILES string of the molecule is COc1cc(/C=N\NC(=O)COc2ccc(C)c(C)c2)ccc1OCc1ccc(Cl)cc1. The third-order valence-electron chi connectivity index (χ3n) is 4.75. The fraction of sp³-hybridized carbons (Fsp3) is 0.200. The molecule has 3 aromatic carbocycles. The average molecular weight is 453 g/mol. The molecule has 1 amide bonds. The zero-order chi connectivity index (χ0) is 22.9. The van der Waals surface area contributed by atoms with Crippen molar-refractivity contribution in [3.63, 3.8) is 0 Å². The standard InChI is InChI=1S/C25H25ClN2O4/c1-17-4-10-22(12-18(17)2)31-16-25(29)28-27-14-20-7-11-23(24(13-20)30-3)32-15-19-5-8-21(26)9-6-19/h4-14H,15-16H2,1-3H3,(H,28,29)/b27-14-. The van der Waals surface area contributed by atoms with Crippen LogP contribution in [0.4, 0.5) is 0 Å². The molecule has 0 radical (unpaired) electrons. The molecule has 7 heteroatoms. The molecule has 0 unspecified atom stereocenters. The predicted octanol–water partition coefficient (Wildman–Crippen LogP) is 5.07. The van der Waals surface area contributed by atoms with Crippen molar-refractivity contribution >= 4 is 23.7 Å². The summed E-state index contributed by atoms with van der Waals surface area (Å²) in [5.41, 5.74) is 6.47. The molecule has 0 aliphatic carbocycles. The van der Waals surface area contributed by atoms with Crippen LogP contribution in [0.1, 0.15) is 22.3 Å². The minimum absolute atomic E-state index is 0.124. The number of amides is 1. The number of rotatable bonds is 9. The number of aryl methyl sites for hydroxylation is 2. The first kappa shape index (κ1) is 23.2. The molecule has 0 saturated heterocycles. The molecule has 3 rings (SSSR count). The summed E-state index contributed by atoms with van der Waals surface area (Å²) in [6.45, 7) is 4.28. The fourth-order valence-electron chi connectivity index (χ4n) is 2.79. The maximum atomic E-state index is 12.0. The fourth-order valence-corrected chi connectivity index (χ4v) is 2.92. The molecule has 0 atom stereocenters. The van der Waals surface area contributed by atoms with E-state index in [1.807, 2.05) is 62.4 Å². The second kappa shape index (κ2) is 11.2. The summed E-state index contributed by atoms with van der Waals surface area (Å²) in [5.74, 6) is 1.46. The van der Waals surface area contributed by atoms with Crippen LogP contribution in [-0.2, 0) is 11.4 Å². The number of hydrogen-bond donors (Lipinski definition) is 1. The highest BCUT2D eigenvalue weighted by molar-refractivity contribution is 6.30. The lowest BCUT2D eigenvalue weighted by atomic mass is 10.1. The number of carbonyl (C=O) groups is 1. The Morgan fingerprint density at radius 2 is 1.75 bits per heavy atom. The first-order valence-corrected chi connectivity index (χ1v) is 10.4. The zero-order valence-electron chi connectivity index (χ0n) is 18.2. The maximum Gasteiger partial charge on any atom is 0.277 e. The van der Waals surface area contributed by atoms with E-state index < -0.39 is 0 Å². The van der Waals surface area contributed by atoms with E-state index in [1.54, 1.807) is 19.2 Å². The Kier molecular flexibility index (Phi) is 8.11. The molecular formula is C25H25ClN2O4. The summed E-state index contributed by atoms with van der Waals surface area (Å²) in [5, 5.41) is 4.66. The smallest absolute Gasteiger partial charge is 0.277 e. The van der Waals surface area contributed by atoms with Gasteiger partial charge in [0, 0.05) is 5.02 Å². The first-order chi connectivity index (χ1) is 15.4. The second-order valence-corrected chi connectivity index (χ2v) is 7.59. The van der Waals surface area contributed by atoms with Crippen LogP contribution in [0.25, 0.3) is 0 Å². The van der Waals surface area contributed by atoms with E-state index in [1.165, 1.54) is 11.8 Å². The Balaban J connectivity index is 1.51. The number of benzene rings is 3. The third-order valence-corrected chi connectivity index (χ3v) is 5.00. The molecule has 32 heavy (non-hydrogen) atoms. The van der Waals surface area contributed by atoms with Crippen LogP contribution in [0.2, 0.25) is 5.02 Å². The van der Waals surface area contributed by atoms with Gasteiger partial charge in [-0.25, -0.2) is 5.43 Å². The molecule has 3 aromatic rings. The highest BCUT2D eigenvalue weighted by Gasteiger charge is 2.07. The number of carbonyl (C=O) groups excluding carboxylic acids is 1. The largest absolute Gasteiger partial charge is 0.493 e. The van der Waals surface area contributed by atoms with Gasteiger partial charge in [-0.1, -0.05) is 29.8 Å². The zero-order valence-corrected chi connectivity index (χ0v) is 19.0. The van der Waals surface area contributed by atoms with Crippen molar-refractivity contribution in [2.24, 2.45) is 5.10 Å². The molecule has 0 aliphatic heterocycles. The van der Waals surface area contributed by atoms with Gasteiger partial charge in [-0.05, 0) is 78.6 Å². The molecule has 0 saturated carbocycles. The van der Waals surface area contributed by atoms with Crippen molar-refractivity contribution in [3.05, 3.63) is 87.9 Å². The van der Waals surface area contributed by atoms with Crippen molar-refractivity contribution < 1.29 is 19.0 Å². The highest BCUT2D eigenvalue weighted by atomic mass is 35.5. The first-order valence-electron chi connectivity index (χ1n) is 10.0. The third kappa shape index (κ3) is 6.75. The molecule has 166 valence electrons. The van der Waals surface area contributed by atoms with Gasteiger partial charge in [-0.15, -0.1) is 0 Å². The molecule has 0 aromatic heterocycles.